The zero-order valence-corrected chi connectivity index (χ0v) is 19.9. The minimum Gasteiger partial charge on any atom is -0.496 e. The van der Waals surface area contributed by atoms with Gasteiger partial charge in [-0.15, -0.1) is 0 Å². The van der Waals surface area contributed by atoms with Gasteiger partial charge in [0.25, 0.3) is 5.91 Å². The molecule has 0 radical (unpaired) electrons. The number of hydrogen-bond donors (Lipinski definition) is 1. The molecule has 0 aliphatic rings. The lowest BCUT2D eigenvalue weighted by atomic mass is 9.98. The van der Waals surface area contributed by atoms with Gasteiger partial charge in [-0.3, -0.25) is 4.79 Å². The van der Waals surface area contributed by atoms with Crippen LogP contribution in [-0.4, -0.2) is 40.0 Å². The number of halogens is 5. The van der Waals surface area contributed by atoms with Crippen LogP contribution < -0.4 is 4.74 Å². The molecule has 1 aromatic heterocycles. The van der Waals surface area contributed by atoms with Crippen molar-refractivity contribution in [2.75, 3.05) is 7.11 Å². The summed E-state index contributed by atoms with van der Waals surface area (Å²) in [5, 5.41) is 9.07. The Kier molecular flexibility index (Phi) is 8.46. The Morgan fingerprint density at radius 3 is 2.19 bits per heavy atom. The predicted molar refractivity (Wildman–Crippen MR) is 123 cm³/mol. The summed E-state index contributed by atoms with van der Waals surface area (Å²) in [5.41, 5.74) is -0.793. The topological polar surface area (TPSA) is 79.7 Å². The lowest BCUT2D eigenvalue weighted by molar-refractivity contribution is -0.138. The second-order valence-electron chi connectivity index (χ2n) is 8.25. The molecule has 1 N–H and O–H groups in total. The Bertz CT molecular complexity index is 1260. The fourth-order valence-electron chi connectivity index (χ4n) is 3.90. The fourth-order valence-corrected chi connectivity index (χ4v) is 3.90. The molecule has 0 spiro atoms. The van der Waals surface area contributed by atoms with Crippen LogP contribution in [0.4, 0.5) is 22.0 Å². The van der Waals surface area contributed by atoms with Gasteiger partial charge in [-0.05, 0) is 54.3 Å². The minimum absolute atomic E-state index is 0.00620. The summed E-state index contributed by atoms with van der Waals surface area (Å²) >= 11 is 0. The Labute approximate surface area is 209 Å². The molecule has 0 fully saturated rings. The van der Waals surface area contributed by atoms with Crippen molar-refractivity contribution in [1.82, 2.24) is 9.88 Å². The summed E-state index contributed by atoms with van der Waals surface area (Å²) < 4.78 is 73.1. The highest BCUT2D eigenvalue weighted by molar-refractivity contribution is 5.94. The number of pyridine rings is 1. The second kappa shape index (κ2) is 11.4. The molecule has 196 valence electrons. The molecular formula is C26H23F5N2O4. The van der Waals surface area contributed by atoms with E-state index in [-0.39, 0.29) is 42.0 Å². The van der Waals surface area contributed by atoms with Crippen LogP contribution >= 0.6 is 0 Å². The number of amides is 1. The molecule has 2 aromatic carbocycles. The molecule has 0 unspecified atom stereocenters. The molecular weight excluding hydrogens is 499 g/mol. The summed E-state index contributed by atoms with van der Waals surface area (Å²) in [6.45, 7) is 1.59. The third kappa shape index (κ3) is 6.81. The summed E-state index contributed by atoms with van der Waals surface area (Å²) in [4.78, 5) is 29.6. The zero-order chi connectivity index (χ0) is 27.3. The Hall–Kier alpha value is -4.02. The van der Waals surface area contributed by atoms with Crippen LogP contribution in [0.2, 0.25) is 0 Å². The van der Waals surface area contributed by atoms with Gasteiger partial charge in [0.15, 0.2) is 0 Å². The van der Waals surface area contributed by atoms with Crippen LogP contribution in [0.25, 0.3) is 0 Å². The molecule has 3 aromatic rings. The molecule has 0 aliphatic carbocycles. The average molecular weight is 522 g/mol. The number of hydrogen-bond acceptors (Lipinski definition) is 4. The largest absolute Gasteiger partial charge is 0.496 e. The van der Waals surface area contributed by atoms with E-state index in [4.69, 9.17) is 9.84 Å². The highest BCUT2D eigenvalue weighted by Crippen LogP contribution is 2.37. The number of methoxy groups -OCH3 is 1. The number of benzene rings is 2. The highest BCUT2D eigenvalue weighted by Gasteiger charge is 2.35. The van der Waals surface area contributed by atoms with Crippen LogP contribution in [0.1, 0.15) is 50.9 Å². The van der Waals surface area contributed by atoms with E-state index in [0.29, 0.717) is 11.6 Å². The van der Waals surface area contributed by atoms with Crippen molar-refractivity contribution < 1.29 is 41.4 Å². The zero-order valence-electron chi connectivity index (χ0n) is 19.9. The first-order valence-corrected chi connectivity index (χ1v) is 11.1. The first kappa shape index (κ1) is 27.6. The van der Waals surface area contributed by atoms with Crippen LogP contribution in [0.3, 0.4) is 0 Å². The number of rotatable bonds is 9. The van der Waals surface area contributed by atoms with Gasteiger partial charge in [-0.25, -0.2) is 18.6 Å². The van der Waals surface area contributed by atoms with Gasteiger partial charge in [-0.2, -0.15) is 13.2 Å². The fraction of sp³-hybridized carbons (Fsp3) is 0.269. The molecule has 1 heterocycles. The number of carbonyl (C=O) groups excluding carboxylic acids is 1. The van der Waals surface area contributed by atoms with Gasteiger partial charge in [0.1, 0.15) is 23.1 Å². The summed E-state index contributed by atoms with van der Waals surface area (Å²) in [6.07, 6.45) is -3.14. The van der Waals surface area contributed by atoms with E-state index in [1.54, 1.807) is 6.92 Å². The van der Waals surface area contributed by atoms with E-state index in [9.17, 15) is 31.5 Å². The van der Waals surface area contributed by atoms with Gasteiger partial charge in [-0.1, -0.05) is 19.1 Å². The van der Waals surface area contributed by atoms with Crippen LogP contribution in [0.15, 0.2) is 54.7 Å². The highest BCUT2D eigenvalue weighted by atomic mass is 19.4. The summed E-state index contributed by atoms with van der Waals surface area (Å²) in [7, 11) is 1.13. The van der Waals surface area contributed by atoms with Crippen molar-refractivity contribution in [2.24, 2.45) is 0 Å². The number of nitrogens with zero attached hydrogens (tertiary/aromatic N) is 2. The maximum absolute atomic E-state index is 13.9. The van der Waals surface area contributed by atoms with Gasteiger partial charge in [0, 0.05) is 30.4 Å². The van der Waals surface area contributed by atoms with Crippen LogP contribution in [0, 0.1) is 11.6 Å². The second-order valence-corrected chi connectivity index (χ2v) is 8.25. The number of aromatic nitrogens is 1. The maximum Gasteiger partial charge on any atom is 0.419 e. The predicted octanol–water partition coefficient (Wildman–Crippen LogP) is 5.75. The van der Waals surface area contributed by atoms with Gasteiger partial charge >= 0.3 is 12.1 Å². The number of alkyl halides is 3. The Balaban J connectivity index is 2.01. The molecule has 0 bridgehead atoms. The number of carboxylic acid groups (broad SMARTS) is 1. The smallest absolute Gasteiger partial charge is 0.419 e. The van der Waals surface area contributed by atoms with Gasteiger partial charge < -0.3 is 14.7 Å². The van der Waals surface area contributed by atoms with Crippen molar-refractivity contribution in [3.05, 3.63) is 94.3 Å². The maximum atomic E-state index is 13.9. The summed E-state index contributed by atoms with van der Waals surface area (Å²) in [6, 6.07) is 7.91. The van der Waals surface area contributed by atoms with Crippen molar-refractivity contribution >= 4 is 11.9 Å². The monoisotopic (exact) mass is 522 g/mol. The Morgan fingerprint density at radius 2 is 1.68 bits per heavy atom. The molecule has 6 nitrogen and oxygen atoms in total. The summed E-state index contributed by atoms with van der Waals surface area (Å²) in [5.74, 6) is -4.28. The van der Waals surface area contributed by atoms with Crippen LogP contribution in [0.5, 0.6) is 5.75 Å². The van der Waals surface area contributed by atoms with Gasteiger partial charge in [0.05, 0.1) is 12.7 Å². The standard InChI is InChI=1S/C26H23F5N2O4/c1-3-20(8-15-5-7-23(37-2)21(9-15)26(29,30)31)33(14-16-4-6-22(25(35)36)32-13-16)24(34)17-10-18(27)12-19(28)11-17/h4-7,9-13,20H,3,8,14H2,1-2H3,(H,35,36)/t20-/m1/s1. The van der Waals surface area contributed by atoms with E-state index >= 15 is 0 Å². The number of aromatic carboxylic acids is 1. The number of ether oxygens (including phenoxy) is 1. The lowest BCUT2D eigenvalue weighted by Gasteiger charge is -2.32. The quantitative estimate of drug-likeness (QED) is 0.362. The number of carboxylic acids is 1. The lowest BCUT2D eigenvalue weighted by Crippen LogP contribution is -2.41. The molecule has 3 rings (SSSR count). The van der Waals surface area contributed by atoms with Crippen molar-refractivity contribution in [3.63, 3.8) is 0 Å². The molecule has 0 aliphatic heterocycles. The molecule has 37 heavy (non-hydrogen) atoms. The van der Waals surface area contributed by atoms with Crippen molar-refractivity contribution in [2.45, 2.75) is 38.5 Å². The molecule has 0 saturated heterocycles. The van der Waals surface area contributed by atoms with Crippen molar-refractivity contribution in [1.29, 1.82) is 0 Å². The SMILES string of the molecule is CC[C@H](Cc1ccc(OC)c(C(F)(F)F)c1)N(Cc1ccc(C(=O)O)nc1)C(=O)c1cc(F)cc(F)c1. The molecule has 1 amide bonds. The number of carbonyl (C=O) groups is 2. The minimum atomic E-state index is -4.67. The van der Waals surface area contributed by atoms with Crippen LogP contribution in [-0.2, 0) is 19.1 Å². The van der Waals surface area contributed by atoms with Gasteiger partial charge in [0.2, 0.25) is 0 Å². The van der Waals surface area contributed by atoms with E-state index < -0.39 is 41.3 Å². The normalized spacial score (nSPS) is 12.2. The van der Waals surface area contributed by atoms with E-state index in [1.165, 1.54) is 35.4 Å². The molecule has 1 atom stereocenters. The third-order valence-corrected chi connectivity index (χ3v) is 5.72. The molecule has 0 saturated carbocycles. The first-order valence-electron chi connectivity index (χ1n) is 11.1. The molecule has 11 heteroatoms. The van der Waals surface area contributed by atoms with Crippen molar-refractivity contribution in [3.8, 4) is 5.75 Å². The van der Waals surface area contributed by atoms with E-state index in [0.717, 1.165) is 25.3 Å². The third-order valence-electron chi connectivity index (χ3n) is 5.72. The Morgan fingerprint density at radius 1 is 1.03 bits per heavy atom. The van der Waals surface area contributed by atoms with E-state index in [1.807, 2.05) is 0 Å². The van der Waals surface area contributed by atoms with E-state index in [2.05, 4.69) is 4.98 Å². The first-order chi connectivity index (χ1) is 17.4. The average Bonchev–Trinajstić information content (AvgIpc) is 2.84.